The lowest BCUT2D eigenvalue weighted by Gasteiger charge is -2.11. The first kappa shape index (κ1) is 11.2. The van der Waals surface area contributed by atoms with Gasteiger partial charge < -0.3 is 14.6 Å². The first-order valence-electron chi connectivity index (χ1n) is 5.39. The van der Waals surface area contributed by atoms with Crippen LogP contribution in [0.5, 0.6) is 5.75 Å². The molecule has 1 N–H and O–H groups in total. The van der Waals surface area contributed by atoms with Crippen LogP contribution in [0.1, 0.15) is 12.0 Å². The molecule has 0 radical (unpaired) electrons. The van der Waals surface area contributed by atoms with E-state index in [1.54, 1.807) is 13.2 Å². The highest BCUT2D eigenvalue weighted by molar-refractivity contribution is 5.26. The second kappa shape index (κ2) is 5.14. The molecule has 16 heavy (non-hydrogen) atoms. The number of ether oxygens (including phenoxy) is 2. The summed E-state index contributed by atoms with van der Waals surface area (Å²) in [5, 5.41) is 9.28. The largest absolute Gasteiger partial charge is 0.497 e. The molecule has 1 aliphatic rings. The van der Waals surface area contributed by atoms with E-state index in [0.717, 1.165) is 11.3 Å². The van der Waals surface area contributed by atoms with E-state index in [2.05, 4.69) is 0 Å². The van der Waals surface area contributed by atoms with E-state index in [1.807, 2.05) is 30.3 Å². The molecular formula is C13H16O3. The van der Waals surface area contributed by atoms with Crippen LogP contribution >= 0.6 is 0 Å². The Morgan fingerprint density at radius 1 is 1.25 bits per heavy atom. The Balaban J connectivity index is 1.83. The maximum atomic E-state index is 9.28. The molecule has 0 spiro atoms. The summed E-state index contributed by atoms with van der Waals surface area (Å²) in [7, 11) is 1.65. The zero-order chi connectivity index (χ0) is 11.4. The molecule has 0 saturated carbocycles. The van der Waals surface area contributed by atoms with Gasteiger partial charge in [-0.1, -0.05) is 24.3 Å². The minimum Gasteiger partial charge on any atom is -0.497 e. The minimum atomic E-state index is -0.346. The Labute approximate surface area is 95.3 Å². The number of aliphatic hydroxyl groups excluding tert-OH is 1. The monoisotopic (exact) mass is 220 g/mol. The summed E-state index contributed by atoms with van der Waals surface area (Å²) in [4.78, 5) is 0. The third-order valence-corrected chi connectivity index (χ3v) is 2.64. The van der Waals surface area contributed by atoms with Crippen LogP contribution in [0.4, 0.5) is 0 Å². The summed E-state index contributed by atoms with van der Waals surface area (Å²) in [6, 6.07) is 7.79. The molecule has 3 heteroatoms. The topological polar surface area (TPSA) is 38.7 Å². The van der Waals surface area contributed by atoms with Gasteiger partial charge in [0.25, 0.3) is 0 Å². The Hall–Kier alpha value is -1.32. The van der Waals surface area contributed by atoms with Crippen molar-refractivity contribution in [3.63, 3.8) is 0 Å². The molecule has 1 aromatic rings. The molecule has 3 nitrogen and oxygen atoms in total. The summed E-state index contributed by atoms with van der Waals surface area (Å²) in [6.07, 6.45) is 4.04. The molecule has 86 valence electrons. The second-order valence-corrected chi connectivity index (χ2v) is 3.89. The lowest BCUT2D eigenvalue weighted by atomic mass is 10.2. The van der Waals surface area contributed by atoms with Gasteiger partial charge in [-0.3, -0.25) is 0 Å². The van der Waals surface area contributed by atoms with Crippen molar-refractivity contribution in [3.05, 3.63) is 42.0 Å². The fourth-order valence-electron chi connectivity index (χ4n) is 1.70. The average Bonchev–Trinajstić information content (AvgIpc) is 2.73. The molecule has 0 unspecified atom stereocenters. The number of hydrogen-bond acceptors (Lipinski definition) is 3. The van der Waals surface area contributed by atoms with E-state index in [-0.39, 0.29) is 12.2 Å². The number of methoxy groups -OCH3 is 1. The SMILES string of the molecule is COc1ccc(CO[C@H]2C=C[C@@H](O)C2)cc1. The van der Waals surface area contributed by atoms with Crippen LogP contribution in [0, 0.1) is 0 Å². The average molecular weight is 220 g/mol. The molecule has 0 fully saturated rings. The third-order valence-electron chi connectivity index (χ3n) is 2.64. The van der Waals surface area contributed by atoms with Gasteiger partial charge in [-0.15, -0.1) is 0 Å². The number of aliphatic hydroxyl groups is 1. The van der Waals surface area contributed by atoms with Crippen LogP contribution in [-0.4, -0.2) is 24.4 Å². The highest BCUT2D eigenvalue weighted by atomic mass is 16.5. The third kappa shape index (κ3) is 2.84. The van der Waals surface area contributed by atoms with Gasteiger partial charge >= 0.3 is 0 Å². The van der Waals surface area contributed by atoms with Gasteiger partial charge in [-0.05, 0) is 17.7 Å². The van der Waals surface area contributed by atoms with E-state index in [1.165, 1.54) is 0 Å². The van der Waals surface area contributed by atoms with E-state index in [9.17, 15) is 5.11 Å². The molecular weight excluding hydrogens is 204 g/mol. The summed E-state index contributed by atoms with van der Waals surface area (Å²) in [5.41, 5.74) is 1.11. The molecule has 1 aliphatic carbocycles. The molecule has 0 amide bonds. The van der Waals surface area contributed by atoms with Crippen molar-refractivity contribution in [2.45, 2.75) is 25.2 Å². The zero-order valence-electron chi connectivity index (χ0n) is 9.30. The minimum absolute atomic E-state index is 0.0390. The van der Waals surface area contributed by atoms with Crippen LogP contribution in [0.15, 0.2) is 36.4 Å². The van der Waals surface area contributed by atoms with Gasteiger partial charge in [0.1, 0.15) is 5.75 Å². The standard InChI is InChI=1S/C13H16O3/c1-15-12-5-2-10(3-6-12)9-16-13-7-4-11(14)8-13/h2-7,11,13-14H,8-9H2,1H3/t11-,13+/m1/s1. The van der Waals surface area contributed by atoms with Crippen molar-refractivity contribution in [1.29, 1.82) is 0 Å². The van der Waals surface area contributed by atoms with Crippen molar-refractivity contribution in [2.24, 2.45) is 0 Å². The van der Waals surface area contributed by atoms with Crippen molar-refractivity contribution >= 4 is 0 Å². The van der Waals surface area contributed by atoms with E-state index in [0.29, 0.717) is 13.0 Å². The second-order valence-electron chi connectivity index (χ2n) is 3.89. The molecule has 2 rings (SSSR count). The van der Waals surface area contributed by atoms with Gasteiger partial charge in [0, 0.05) is 6.42 Å². The fourth-order valence-corrected chi connectivity index (χ4v) is 1.70. The van der Waals surface area contributed by atoms with Crippen LogP contribution < -0.4 is 4.74 Å². The van der Waals surface area contributed by atoms with Crippen LogP contribution in [0.2, 0.25) is 0 Å². The Kier molecular flexibility index (Phi) is 3.59. The van der Waals surface area contributed by atoms with Gasteiger partial charge in [0.2, 0.25) is 0 Å². The first-order chi connectivity index (χ1) is 7.78. The van der Waals surface area contributed by atoms with Gasteiger partial charge in [-0.25, -0.2) is 0 Å². The Bertz CT molecular complexity index is 356. The van der Waals surface area contributed by atoms with Crippen LogP contribution in [0.25, 0.3) is 0 Å². The predicted molar refractivity (Wildman–Crippen MR) is 61.3 cm³/mol. The van der Waals surface area contributed by atoms with E-state index < -0.39 is 0 Å². The molecule has 2 atom stereocenters. The zero-order valence-corrected chi connectivity index (χ0v) is 9.30. The predicted octanol–water partition coefficient (Wildman–Crippen LogP) is 1.90. The van der Waals surface area contributed by atoms with E-state index in [4.69, 9.17) is 9.47 Å². The summed E-state index contributed by atoms with van der Waals surface area (Å²) in [5.74, 6) is 0.847. The number of hydrogen-bond donors (Lipinski definition) is 1. The van der Waals surface area contributed by atoms with Crippen molar-refractivity contribution in [2.75, 3.05) is 7.11 Å². The Morgan fingerprint density at radius 3 is 2.56 bits per heavy atom. The quantitative estimate of drug-likeness (QED) is 0.788. The molecule has 0 heterocycles. The summed E-state index contributed by atoms with van der Waals surface area (Å²) < 4.78 is 10.7. The molecule has 0 bridgehead atoms. The number of rotatable bonds is 4. The van der Waals surface area contributed by atoms with Crippen molar-refractivity contribution in [1.82, 2.24) is 0 Å². The lowest BCUT2D eigenvalue weighted by molar-refractivity contribution is 0.0528. The first-order valence-corrected chi connectivity index (χ1v) is 5.39. The van der Waals surface area contributed by atoms with Gasteiger partial charge in [-0.2, -0.15) is 0 Å². The molecule has 0 aromatic heterocycles. The lowest BCUT2D eigenvalue weighted by Crippen LogP contribution is -2.10. The summed E-state index contributed by atoms with van der Waals surface area (Å²) in [6.45, 7) is 0.561. The Morgan fingerprint density at radius 2 is 2.00 bits per heavy atom. The van der Waals surface area contributed by atoms with Crippen LogP contribution in [0.3, 0.4) is 0 Å². The molecule has 0 aliphatic heterocycles. The highest BCUT2D eigenvalue weighted by Gasteiger charge is 2.16. The number of benzene rings is 1. The van der Waals surface area contributed by atoms with Gasteiger partial charge in [0.15, 0.2) is 0 Å². The van der Waals surface area contributed by atoms with Crippen molar-refractivity contribution < 1.29 is 14.6 Å². The summed E-state index contributed by atoms with van der Waals surface area (Å²) >= 11 is 0. The fraction of sp³-hybridized carbons (Fsp3) is 0.385. The normalized spacial score (nSPS) is 23.6. The van der Waals surface area contributed by atoms with Crippen molar-refractivity contribution in [3.8, 4) is 5.75 Å². The maximum absolute atomic E-state index is 9.28. The highest BCUT2D eigenvalue weighted by Crippen LogP contribution is 2.17. The molecule has 1 aromatic carbocycles. The smallest absolute Gasteiger partial charge is 0.118 e. The van der Waals surface area contributed by atoms with Gasteiger partial charge in [0.05, 0.1) is 25.9 Å². The molecule has 0 saturated heterocycles. The van der Waals surface area contributed by atoms with Crippen LogP contribution in [-0.2, 0) is 11.3 Å². The van der Waals surface area contributed by atoms with E-state index >= 15 is 0 Å². The maximum Gasteiger partial charge on any atom is 0.118 e.